The van der Waals surface area contributed by atoms with Crippen LogP contribution < -0.4 is 4.90 Å². The fourth-order valence-corrected chi connectivity index (χ4v) is 3.70. The highest BCUT2D eigenvalue weighted by molar-refractivity contribution is 9.10. The van der Waals surface area contributed by atoms with E-state index in [1.165, 1.54) is 12.1 Å². The molecule has 0 saturated carbocycles. The average Bonchev–Trinajstić information content (AvgIpc) is 2.93. The molecule has 2 aromatic rings. The highest BCUT2D eigenvalue weighted by Gasteiger charge is 2.59. The zero-order chi connectivity index (χ0) is 20.9. The van der Waals surface area contributed by atoms with Crippen LogP contribution in [0.2, 0.25) is 0 Å². The summed E-state index contributed by atoms with van der Waals surface area (Å²) in [5.74, 6) is -1.34. The summed E-state index contributed by atoms with van der Waals surface area (Å²) in [6.07, 6.45) is -4.24. The number of anilines is 1. The van der Waals surface area contributed by atoms with E-state index < -0.39 is 39.0 Å². The van der Waals surface area contributed by atoms with E-state index in [9.17, 15) is 31.1 Å². The van der Waals surface area contributed by atoms with Crippen molar-refractivity contribution in [1.29, 1.82) is 0 Å². The van der Waals surface area contributed by atoms with Crippen LogP contribution in [-0.2, 0) is 9.84 Å². The number of sulfone groups is 1. The maximum Gasteiger partial charge on any atom is 0.440 e. The number of β-amino-alcohol motifs (C(OH)–C–C–N with tert-alkyl or cyclic N) is 1. The predicted octanol–water partition coefficient (Wildman–Crippen LogP) is 3.51. The van der Waals surface area contributed by atoms with Gasteiger partial charge in [0, 0.05) is 22.0 Å². The van der Waals surface area contributed by atoms with E-state index in [0.29, 0.717) is 4.47 Å². The topological polar surface area (TPSA) is 70.0 Å². The molecule has 0 aliphatic carbocycles. The summed E-state index contributed by atoms with van der Waals surface area (Å²) < 4.78 is 78.1. The van der Waals surface area contributed by atoms with E-state index in [1.807, 2.05) is 0 Å². The van der Waals surface area contributed by atoms with Gasteiger partial charge >= 0.3 is 6.18 Å². The first-order valence-corrected chi connectivity index (χ1v) is 10.4. The zero-order valence-corrected chi connectivity index (χ0v) is 16.6. The van der Waals surface area contributed by atoms with Crippen LogP contribution in [0.4, 0.5) is 23.2 Å². The molecule has 3 rings (SSSR count). The van der Waals surface area contributed by atoms with Crippen LogP contribution in [-0.4, -0.2) is 44.1 Å². The number of halogens is 5. The van der Waals surface area contributed by atoms with Gasteiger partial charge in [-0.15, -0.1) is 0 Å². The van der Waals surface area contributed by atoms with E-state index in [1.54, 1.807) is 12.1 Å². The second-order valence-corrected chi connectivity index (χ2v) is 9.13. The monoisotopic (exact) mass is 480 g/mol. The Morgan fingerprint density at radius 2 is 1.79 bits per heavy atom. The van der Waals surface area contributed by atoms with Crippen molar-refractivity contribution in [2.75, 3.05) is 17.7 Å². The van der Waals surface area contributed by atoms with Crippen LogP contribution in [0.25, 0.3) is 0 Å². The fraction of sp³-hybridized carbons (Fsp3) is 0.235. The van der Waals surface area contributed by atoms with Crippen molar-refractivity contribution in [3.8, 4) is 0 Å². The van der Waals surface area contributed by atoms with Gasteiger partial charge < -0.3 is 10.0 Å². The molecule has 0 fully saturated rings. The van der Waals surface area contributed by atoms with Gasteiger partial charge in [-0.25, -0.2) is 17.8 Å². The van der Waals surface area contributed by atoms with Gasteiger partial charge in [0.1, 0.15) is 16.5 Å². The van der Waals surface area contributed by atoms with Crippen LogP contribution in [0.5, 0.6) is 0 Å². The molecule has 1 aliphatic rings. The number of alkyl halides is 3. The highest BCUT2D eigenvalue weighted by atomic mass is 79.9. The lowest BCUT2D eigenvalue weighted by Gasteiger charge is -2.26. The van der Waals surface area contributed by atoms with Crippen molar-refractivity contribution in [2.45, 2.75) is 16.8 Å². The first kappa shape index (κ1) is 20.7. The highest BCUT2D eigenvalue weighted by Crippen LogP contribution is 2.39. The molecule has 28 heavy (non-hydrogen) atoms. The van der Waals surface area contributed by atoms with Gasteiger partial charge in [-0.05, 0) is 30.3 Å². The summed E-state index contributed by atoms with van der Waals surface area (Å²) in [7, 11) is -3.85. The number of hydrogen-bond acceptors (Lipinski definition) is 5. The van der Waals surface area contributed by atoms with Gasteiger partial charge in [0.25, 0.3) is 5.72 Å². The van der Waals surface area contributed by atoms with E-state index in [0.717, 1.165) is 29.4 Å². The van der Waals surface area contributed by atoms with Gasteiger partial charge in [-0.3, -0.25) is 0 Å². The standard InChI is InChI=1S/C17H13BrF4N2O3S/c1-28(26,27)14-7-6-12(8-13(14)19)24-9-16(25,17(20,21)22)23-15(24)10-2-4-11(18)5-3-10/h2-8,25H,9H2,1H3. The molecule has 0 saturated heterocycles. The van der Waals surface area contributed by atoms with E-state index >= 15 is 0 Å². The number of amidine groups is 1. The minimum atomic E-state index is -5.06. The maximum absolute atomic E-state index is 14.3. The molecule has 150 valence electrons. The molecule has 5 nitrogen and oxygen atoms in total. The second kappa shape index (κ2) is 6.82. The average molecular weight is 481 g/mol. The third-order valence-corrected chi connectivity index (χ3v) is 5.77. The summed E-state index contributed by atoms with van der Waals surface area (Å²) in [5.41, 5.74) is -3.20. The number of rotatable bonds is 3. The van der Waals surface area contributed by atoms with Crippen molar-refractivity contribution < 1.29 is 31.1 Å². The Kier molecular flexibility index (Phi) is 5.05. The Morgan fingerprint density at radius 1 is 1.18 bits per heavy atom. The van der Waals surface area contributed by atoms with Crippen LogP contribution in [0.1, 0.15) is 5.56 Å². The molecule has 1 unspecified atom stereocenters. The van der Waals surface area contributed by atoms with Crippen molar-refractivity contribution in [3.63, 3.8) is 0 Å². The van der Waals surface area contributed by atoms with E-state index in [2.05, 4.69) is 20.9 Å². The smallest absolute Gasteiger partial charge is 0.361 e. The SMILES string of the molecule is CS(=O)(=O)c1ccc(N2CC(O)(C(F)(F)F)N=C2c2ccc(Br)cc2)cc1F. The van der Waals surface area contributed by atoms with Gasteiger partial charge in [-0.1, -0.05) is 28.1 Å². The van der Waals surface area contributed by atoms with Gasteiger partial charge in [-0.2, -0.15) is 13.2 Å². The number of aliphatic imine (C=N–C) groups is 1. The number of hydrogen-bond donors (Lipinski definition) is 1. The first-order chi connectivity index (χ1) is 12.8. The molecule has 1 heterocycles. The molecule has 1 atom stereocenters. The van der Waals surface area contributed by atoms with Crippen molar-refractivity contribution in [2.24, 2.45) is 4.99 Å². The molecule has 0 spiro atoms. The Labute approximate surface area is 166 Å². The molecule has 0 aromatic heterocycles. The summed E-state index contributed by atoms with van der Waals surface area (Å²) in [4.78, 5) is 3.88. The van der Waals surface area contributed by atoms with Gasteiger partial charge in [0.05, 0.1) is 6.54 Å². The number of nitrogens with zero attached hydrogens (tertiary/aromatic N) is 2. The van der Waals surface area contributed by atoms with E-state index in [4.69, 9.17) is 0 Å². The summed E-state index contributed by atoms with van der Waals surface area (Å²) in [5, 5.41) is 10.0. The molecular formula is C17H13BrF4N2O3S. The molecule has 0 bridgehead atoms. The van der Waals surface area contributed by atoms with Crippen molar-refractivity contribution in [1.82, 2.24) is 0 Å². The number of benzene rings is 2. The second-order valence-electron chi connectivity index (χ2n) is 6.23. The van der Waals surface area contributed by atoms with Crippen LogP contribution in [0, 0.1) is 5.82 Å². The predicted molar refractivity (Wildman–Crippen MR) is 98.5 cm³/mol. The van der Waals surface area contributed by atoms with Crippen molar-refractivity contribution >= 4 is 37.3 Å². The summed E-state index contributed by atoms with van der Waals surface area (Å²) in [6.45, 7) is -1.00. The molecule has 2 aromatic carbocycles. The fourth-order valence-electron chi connectivity index (χ4n) is 2.71. The Hall–Kier alpha value is -1.98. The summed E-state index contributed by atoms with van der Waals surface area (Å²) in [6, 6.07) is 9.05. The van der Waals surface area contributed by atoms with E-state index in [-0.39, 0.29) is 17.1 Å². The Bertz CT molecular complexity index is 1060. The lowest BCUT2D eigenvalue weighted by atomic mass is 10.1. The zero-order valence-electron chi connectivity index (χ0n) is 14.2. The lowest BCUT2D eigenvalue weighted by molar-refractivity contribution is -0.249. The number of aliphatic hydroxyl groups is 1. The minimum absolute atomic E-state index is 0.0771. The third kappa shape index (κ3) is 3.78. The largest absolute Gasteiger partial charge is 0.440 e. The van der Waals surface area contributed by atoms with Crippen LogP contribution in [0.3, 0.4) is 0 Å². The Balaban J connectivity index is 2.12. The summed E-state index contributed by atoms with van der Waals surface area (Å²) >= 11 is 3.21. The maximum atomic E-state index is 14.3. The molecule has 1 N–H and O–H groups in total. The van der Waals surface area contributed by atoms with Crippen molar-refractivity contribution in [3.05, 3.63) is 58.3 Å². The Morgan fingerprint density at radius 3 is 2.29 bits per heavy atom. The van der Waals surface area contributed by atoms with Gasteiger partial charge in [0.2, 0.25) is 0 Å². The van der Waals surface area contributed by atoms with Gasteiger partial charge in [0.15, 0.2) is 9.84 Å². The molecule has 0 amide bonds. The molecule has 11 heteroatoms. The first-order valence-electron chi connectivity index (χ1n) is 7.74. The molecular weight excluding hydrogens is 468 g/mol. The minimum Gasteiger partial charge on any atom is -0.361 e. The lowest BCUT2D eigenvalue weighted by Crippen LogP contribution is -2.47. The normalized spacial score (nSPS) is 20.4. The molecule has 0 radical (unpaired) electrons. The third-order valence-electron chi connectivity index (χ3n) is 4.11. The molecule has 1 aliphatic heterocycles. The quantitative estimate of drug-likeness (QED) is 0.682. The van der Waals surface area contributed by atoms with Crippen LogP contribution in [0.15, 0.2) is 56.8 Å². The van der Waals surface area contributed by atoms with Crippen LogP contribution >= 0.6 is 15.9 Å².